The lowest BCUT2D eigenvalue weighted by Crippen LogP contribution is -1.87. The lowest BCUT2D eigenvalue weighted by Gasteiger charge is -2.08. The van der Waals surface area contributed by atoms with Crippen LogP contribution in [0.2, 0.25) is 0 Å². The van der Waals surface area contributed by atoms with Crippen molar-refractivity contribution in [1.82, 2.24) is 0 Å². The van der Waals surface area contributed by atoms with E-state index in [4.69, 9.17) is 0 Å². The van der Waals surface area contributed by atoms with Gasteiger partial charge in [0.1, 0.15) is 0 Å². The van der Waals surface area contributed by atoms with Crippen LogP contribution in [0, 0.1) is 6.42 Å². The maximum atomic E-state index is 2.33. The van der Waals surface area contributed by atoms with Gasteiger partial charge in [0.2, 0.25) is 0 Å². The molecule has 0 bridgehead atoms. The molecule has 19 heavy (non-hydrogen) atoms. The number of rotatable bonds is 3. The van der Waals surface area contributed by atoms with Gasteiger partial charge in [0.25, 0.3) is 0 Å². The first-order valence-corrected chi connectivity index (χ1v) is 7.09. The molecule has 0 spiro atoms. The molecule has 0 nitrogen and oxygen atoms in total. The normalized spacial score (nSPS) is 13.3. The molecule has 0 unspecified atom stereocenters. The minimum atomic E-state index is 1.10. The van der Waals surface area contributed by atoms with Crippen molar-refractivity contribution in [2.24, 2.45) is 0 Å². The van der Waals surface area contributed by atoms with Gasteiger partial charge in [0.15, 0.2) is 0 Å². The number of allylic oxidation sites excluding steroid dienone is 1. The first-order chi connectivity index (χ1) is 9.31. The van der Waals surface area contributed by atoms with Gasteiger partial charge in [-0.15, -0.1) is 0 Å². The zero-order chi connectivity index (χ0) is 13.2. The molecule has 1 radical (unpaired) electrons. The minimum absolute atomic E-state index is 1.10. The predicted octanol–water partition coefficient (Wildman–Crippen LogP) is 5.28. The number of aryl methyl sites for hydroxylation is 1. The van der Waals surface area contributed by atoms with Crippen LogP contribution < -0.4 is 0 Å². The number of hydrogen-bond donors (Lipinski definition) is 0. The predicted molar refractivity (Wildman–Crippen MR) is 82.9 cm³/mol. The highest BCUT2D eigenvalue weighted by Crippen LogP contribution is 2.35. The maximum Gasteiger partial charge on any atom is 0.0164 e. The van der Waals surface area contributed by atoms with Gasteiger partial charge in [-0.2, -0.15) is 0 Å². The Hall–Kier alpha value is -1.82. The molecule has 0 heterocycles. The summed E-state index contributed by atoms with van der Waals surface area (Å²) in [5.74, 6) is 0. The molecular weight excluding hydrogens is 228 g/mol. The third-order valence-electron chi connectivity index (χ3n) is 3.89. The average molecular weight is 247 g/mol. The summed E-state index contributed by atoms with van der Waals surface area (Å²) < 4.78 is 0. The number of hydrogen-bond acceptors (Lipinski definition) is 0. The van der Waals surface area contributed by atoms with E-state index in [9.17, 15) is 0 Å². The van der Waals surface area contributed by atoms with Gasteiger partial charge >= 0.3 is 0 Å². The fourth-order valence-corrected chi connectivity index (χ4v) is 2.67. The third kappa shape index (κ3) is 2.23. The molecule has 1 aliphatic rings. The molecule has 3 rings (SSSR count). The van der Waals surface area contributed by atoms with E-state index in [1.54, 1.807) is 0 Å². The van der Waals surface area contributed by atoms with E-state index < -0.39 is 0 Å². The molecular formula is C19H19. The molecule has 0 fully saturated rings. The summed E-state index contributed by atoms with van der Waals surface area (Å²) >= 11 is 0. The Morgan fingerprint density at radius 2 is 1.63 bits per heavy atom. The Balaban J connectivity index is 2.06. The lowest BCUT2D eigenvalue weighted by atomic mass is 9.96. The van der Waals surface area contributed by atoms with Gasteiger partial charge in [-0.1, -0.05) is 68.0 Å². The van der Waals surface area contributed by atoms with Crippen LogP contribution in [0.4, 0.5) is 0 Å². The van der Waals surface area contributed by atoms with Crippen molar-refractivity contribution in [3.8, 4) is 11.1 Å². The summed E-state index contributed by atoms with van der Waals surface area (Å²) in [6.45, 7) is 4.41. The SMILES string of the molecule is CCC1=Cc2c(cccc2-c2ccc(CC)cc2)[CH]1. The Labute approximate surface area is 115 Å². The molecule has 1 aliphatic carbocycles. The van der Waals surface area contributed by atoms with Crippen molar-refractivity contribution < 1.29 is 0 Å². The minimum Gasteiger partial charge on any atom is -0.0616 e. The summed E-state index contributed by atoms with van der Waals surface area (Å²) in [5.41, 5.74) is 8.22. The summed E-state index contributed by atoms with van der Waals surface area (Å²) in [6, 6.07) is 15.5. The van der Waals surface area contributed by atoms with E-state index in [0.717, 1.165) is 12.8 Å². The van der Waals surface area contributed by atoms with Crippen molar-refractivity contribution in [1.29, 1.82) is 0 Å². The van der Waals surface area contributed by atoms with Crippen LogP contribution in [0.25, 0.3) is 17.2 Å². The smallest absolute Gasteiger partial charge is 0.0164 e. The van der Waals surface area contributed by atoms with Gasteiger partial charge in [0.05, 0.1) is 0 Å². The zero-order valence-corrected chi connectivity index (χ0v) is 11.6. The van der Waals surface area contributed by atoms with E-state index in [1.165, 1.54) is 33.4 Å². The molecule has 0 aromatic heterocycles. The first-order valence-electron chi connectivity index (χ1n) is 7.09. The zero-order valence-electron chi connectivity index (χ0n) is 11.6. The van der Waals surface area contributed by atoms with E-state index >= 15 is 0 Å². The molecule has 0 amide bonds. The molecule has 0 N–H and O–H groups in total. The van der Waals surface area contributed by atoms with Crippen LogP contribution in [0.3, 0.4) is 0 Å². The molecule has 0 atom stereocenters. The second kappa shape index (κ2) is 5.05. The van der Waals surface area contributed by atoms with Crippen molar-refractivity contribution in [3.05, 3.63) is 71.1 Å². The topological polar surface area (TPSA) is 0 Å². The fourth-order valence-electron chi connectivity index (χ4n) is 2.67. The van der Waals surface area contributed by atoms with Crippen molar-refractivity contribution in [3.63, 3.8) is 0 Å². The molecule has 0 heteroatoms. The van der Waals surface area contributed by atoms with Gasteiger partial charge in [-0.05, 0) is 40.7 Å². The van der Waals surface area contributed by atoms with Crippen molar-refractivity contribution >= 4 is 6.08 Å². The lowest BCUT2D eigenvalue weighted by molar-refractivity contribution is 1.14. The summed E-state index contributed by atoms with van der Waals surface area (Å²) in [7, 11) is 0. The van der Waals surface area contributed by atoms with Gasteiger partial charge in [0, 0.05) is 6.42 Å². The van der Waals surface area contributed by atoms with Gasteiger partial charge in [-0.25, -0.2) is 0 Å². The number of fused-ring (bicyclic) bond motifs is 1. The van der Waals surface area contributed by atoms with Crippen molar-refractivity contribution in [2.45, 2.75) is 26.7 Å². The Kier molecular flexibility index (Phi) is 3.25. The van der Waals surface area contributed by atoms with Crippen molar-refractivity contribution in [2.75, 3.05) is 0 Å². The number of benzene rings is 2. The molecule has 0 saturated carbocycles. The second-order valence-electron chi connectivity index (χ2n) is 5.08. The van der Waals surface area contributed by atoms with Gasteiger partial charge < -0.3 is 0 Å². The molecule has 95 valence electrons. The van der Waals surface area contributed by atoms with Crippen LogP contribution in [-0.4, -0.2) is 0 Å². The molecule has 0 aliphatic heterocycles. The largest absolute Gasteiger partial charge is 0.0616 e. The van der Waals surface area contributed by atoms with Crippen LogP contribution in [0.1, 0.15) is 37.0 Å². The van der Waals surface area contributed by atoms with Crippen LogP contribution in [-0.2, 0) is 6.42 Å². The first kappa shape index (κ1) is 12.2. The second-order valence-corrected chi connectivity index (χ2v) is 5.08. The van der Waals surface area contributed by atoms with Crippen LogP contribution in [0.5, 0.6) is 0 Å². The summed E-state index contributed by atoms with van der Waals surface area (Å²) in [6.07, 6.45) is 6.83. The summed E-state index contributed by atoms with van der Waals surface area (Å²) in [4.78, 5) is 0. The monoisotopic (exact) mass is 247 g/mol. The van der Waals surface area contributed by atoms with E-state index in [-0.39, 0.29) is 0 Å². The van der Waals surface area contributed by atoms with Gasteiger partial charge in [-0.3, -0.25) is 0 Å². The molecule has 0 saturated heterocycles. The van der Waals surface area contributed by atoms with Crippen LogP contribution >= 0.6 is 0 Å². The van der Waals surface area contributed by atoms with E-state index in [1.807, 2.05) is 0 Å². The third-order valence-corrected chi connectivity index (χ3v) is 3.89. The quantitative estimate of drug-likeness (QED) is 0.692. The fraction of sp³-hybridized carbons (Fsp3) is 0.211. The highest BCUT2D eigenvalue weighted by Gasteiger charge is 2.15. The highest BCUT2D eigenvalue weighted by atomic mass is 14.2. The highest BCUT2D eigenvalue weighted by molar-refractivity contribution is 5.83. The summed E-state index contributed by atoms with van der Waals surface area (Å²) in [5, 5.41) is 0. The molecule has 2 aromatic carbocycles. The molecule has 2 aromatic rings. The van der Waals surface area contributed by atoms with Crippen LogP contribution in [0.15, 0.2) is 48.0 Å². The van der Waals surface area contributed by atoms with E-state index in [2.05, 4.69) is 68.8 Å². The average Bonchev–Trinajstić information content (AvgIpc) is 2.90. The standard InChI is InChI=1S/C19H19/c1-3-14-8-10-16(11-9-14)18-7-5-6-17-12-15(4-2)13-19(17)18/h5-13H,3-4H2,1-2H3. The van der Waals surface area contributed by atoms with E-state index in [0.29, 0.717) is 0 Å². The Morgan fingerprint density at radius 3 is 2.32 bits per heavy atom. The maximum absolute atomic E-state index is 2.33. The Morgan fingerprint density at radius 1 is 0.842 bits per heavy atom. The Bertz CT molecular complexity index is 615.